The number of aromatic amines is 1. The number of nitrogens with zero attached hydrogens (tertiary/aromatic N) is 2. The van der Waals surface area contributed by atoms with Crippen molar-refractivity contribution in [2.75, 3.05) is 6.61 Å². The molecule has 2 rings (SSSR count). The zero-order valence-corrected chi connectivity index (χ0v) is 10.00. The standard InChI is InChI=1S/C13H11N3O3/c14-9-10-2-1-3-11(8-10)19-7-6-16-13(18)5-4-12(17)15-16/h1-5,8H,6-7H2,(H,15,17). The van der Waals surface area contributed by atoms with Gasteiger partial charge in [0.1, 0.15) is 12.4 Å². The Bertz CT molecular complexity index is 725. The van der Waals surface area contributed by atoms with Gasteiger partial charge in [0.25, 0.3) is 11.1 Å². The van der Waals surface area contributed by atoms with Crippen molar-refractivity contribution in [3.05, 3.63) is 62.7 Å². The van der Waals surface area contributed by atoms with E-state index >= 15 is 0 Å². The van der Waals surface area contributed by atoms with E-state index in [2.05, 4.69) is 5.10 Å². The van der Waals surface area contributed by atoms with E-state index in [1.54, 1.807) is 24.3 Å². The van der Waals surface area contributed by atoms with E-state index in [-0.39, 0.29) is 24.3 Å². The maximum Gasteiger partial charge on any atom is 0.265 e. The summed E-state index contributed by atoms with van der Waals surface area (Å²) in [6.07, 6.45) is 0. The van der Waals surface area contributed by atoms with Gasteiger partial charge in [0.15, 0.2) is 0 Å². The van der Waals surface area contributed by atoms with Gasteiger partial charge < -0.3 is 4.74 Å². The van der Waals surface area contributed by atoms with Crippen LogP contribution >= 0.6 is 0 Å². The fourth-order valence-electron chi connectivity index (χ4n) is 1.54. The van der Waals surface area contributed by atoms with Crippen LogP contribution in [-0.2, 0) is 6.54 Å². The van der Waals surface area contributed by atoms with Gasteiger partial charge in [-0.15, -0.1) is 0 Å². The highest BCUT2D eigenvalue weighted by atomic mass is 16.5. The Morgan fingerprint density at radius 2 is 2.11 bits per heavy atom. The minimum atomic E-state index is -0.342. The number of H-pyrrole nitrogens is 1. The molecule has 0 unspecified atom stereocenters. The molecule has 0 saturated heterocycles. The number of hydrogen-bond acceptors (Lipinski definition) is 4. The van der Waals surface area contributed by atoms with Gasteiger partial charge in [0.2, 0.25) is 0 Å². The molecule has 0 bridgehead atoms. The lowest BCUT2D eigenvalue weighted by molar-refractivity contribution is 0.287. The van der Waals surface area contributed by atoms with Crippen LogP contribution in [0.2, 0.25) is 0 Å². The van der Waals surface area contributed by atoms with Crippen LogP contribution in [0, 0.1) is 11.3 Å². The Hall–Kier alpha value is -2.81. The van der Waals surface area contributed by atoms with Crippen LogP contribution in [0.15, 0.2) is 46.0 Å². The molecule has 0 amide bonds. The Morgan fingerprint density at radius 3 is 2.89 bits per heavy atom. The lowest BCUT2D eigenvalue weighted by Crippen LogP contribution is -2.29. The molecule has 0 aliphatic carbocycles. The summed E-state index contributed by atoms with van der Waals surface area (Å²) in [4.78, 5) is 22.5. The number of nitrogens with one attached hydrogen (secondary N) is 1. The zero-order chi connectivity index (χ0) is 13.7. The number of nitriles is 1. The highest BCUT2D eigenvalue weighted by Crippen LogP contribution is 2.12. The SMILES string of the molecule is N#Cc1cccc(OCCn2[nH]c(=O)ccc2=O)c1. The molecule has 0 aliphatic heterocycles. The molecule has 0 atom stereocenters. The third kappa shape index (κ3) is 3.33. The molecule has 19 heavy (non-hydrogen) atoms. The number of hydrogen-bond donors (Lipinski definition) is 1. The van der Waals surface area contributed by atoms with Crippen LogP contribution in [0.1, 0.15) is 5.56 Å². The monoisotopic (exact) mass is 257 g/mol. The summed E-state index contributed by atoms with van der Waals surface area (Å²) in [5, 5.41) is 11.1. The van der Waals surface area contributed by atoms with Crippen molar-refractivity contribution < 1.29 is 4.74 Å². The number of benzene rings is 1. The fraction of sp³-hybridized carbons (Fsp3) is 0.154. The molecule has 2 aromatic rings. The number of aromatic nitrogens is 2. The van der Waals surface area contributed by atoms with Gasteiger partial charge in [-0.25, -0.2) is 4.68 Å². The van der Waals surface area contributed by atoms with Crippen LogP contribution in [0.4, 0.5) is 0 Å². The Kier molecular flexibility index (Phi) is 3.78. The van der Waals surface area contributed by atoms with Crippen LogP contribution in [0.25, 0.3) is 0 Å². The van der Waals surface area contributed by atoms with Gasteiger partial charge in [-0.05, 0) is 18.2 Å². The fourth-order valence-corrected chi connectivity index (χ4v) is 1.54. The summed E-state index contributed by atoms with van der Waals surface area (Å²) >= 11 is 0. The zero-order valence-electron chi connectivity index (χ0n) is 10.00. The molecular weight excluding hydrogens is 246 g/mol. The minimum Gasteiger partial charge on any atom is -0.492 e. The number of ether oxygens (including phenoxy) is 1. The molecule has 1 aromatic heterocycles. The van der Waals surface area contributed by atoms with E-state index in [0.717, 1.165) is 0 Å². The molecule has 96 valence electrons. The third-order valence-corrected chi connectivity index (χ3v) is 2.44. The van der Waals surface area contributed by atoms with E-state index < -0.39 is 0 Å². The highest BCUT2D eigenvalue weighted by Gasteiger charge is 1.99. The van der Waals surface area contributed by atoms with Gasteiger partial charge in [0, 0.05) is 12.1 Å². The lowest BCUT2D eigenvalue weighted by atomic mass is 10.2. The second kappa shape index (κ2) is 5.69. The van der Waals surface area contributed by atoms with Crippen molar-refractivity contribution in [1.29, 1.82) is 5.26 Å². The number of rotatable bonds is 4. The van der Waals surface area contributed by atoms with Crippen LogP contribution in [-0.4, -0.2) is 16.4 Å². The molecule has 0 spiro atoms. The van der Waals surface area contributed by atoms with Crippen molar-refractivity contribution >= 4 is 0 Å². The van der Waals surface area contributed by atoms with Gasteiger partial charge >= 0.3 is 0 Å². The normalized spacial score (nSPS) is 9.84. The Labute approximate surface area is 108 Å². The third-order valence-electron chi connectivity index (χ3n) is 2.44. The topological polar surface area (TPSA) is 87.9 Å². The first-order valence-corrected chi connectivity index (χ1v) is 5.62. The maximum absolute atomic E-state index is 11.4. The van der Waals surface area contributed by atoms with E-state index in [4.69, 9.17) is 10.00 Å². The Balaban J connectivity index is 2.00. The first-order chi connectivity index (χ1) is 9.19. The Morgan fingerprint density at radius 1 is 1.26 bits per heavy atom. The quantitative estimate of drug-likeness (QED) is 0.863. The first kappa shape index (κ1) is 12.6. The van der Waals surface area contributed by atoms with Gasteiger partial charge in [-0.1, -0.05) is 6.07 Å². The van der Waals surface area contributed by atoms with Gasteiger partial charge in [0.05, 0.1) is 18.2 Å². The van der Waals surface area contributed by atoms with E-state index in [0.29, 0.717) is 11.3 Å². The lowest BCUT2D eigenvalue weighted by Gasteiger charge is -2.07. The predicted molar refractivity (Wildman–Crippen MR) is 68.0 cm³/mol. The molecule has 1 aromatic carbocycles. The van der Waals surface area contributed by atoms with Crippen LogP contribution < -0.4 is 15.9 Å². The molecule has 0 aliphatic rings. The maximum atomic E-state index is 11.4. The molecule has 1 N–H and O–H groups in total. The smallest absolute Gasteiger partial charge is 0.265 e. The van der Waals surface area contributed by atoms with E-state index in [1.807, 2.05) is 6.07 Å². The van der Waals surface area contributed by atoms with Crippen molar-refractivity contribution in [1.82, 2.24) is 9.78 Å². The molecule has 1 heterocycles. The summed E-state index contributed by atoms with van der Waals surface area (Å²) in [6, 6.07) is 11.1. The minimum absolute atomic E-state index is 0.217. The van der Waals surface area contributed by atoms with Gasteiger partial charge in [-0.2, -0.15) is 5.26 Å². The average molecular weight is 257 g/mol. The molecule has 0 radical (unpaired) electrons. The first-order valence-electron chi connectivity index (χ1n) is 5.62. The van der Waals surface area contributed by atoms with Gasteiger partial charge in [-0.3, -0.25) is 14.7 Å². The average Bonchev–Trinajstić information content (AvgIpc) is 2.43. The van der Waals surface area contributed by atoms with Crippen LogP contribution in [0.5, 0.6) is 5.75 Å². The predicted octanol–water partition coefficient (Wildman–Crippen LogP) is 0.487. The summed E-state index contributed by atoms with van der Waals surface area (Å²) in [5.41, 5.74) is -0.136. The second-order valence-electron chi connectivity index (χ2n) is 3.79. The van der Waals surface area contributed by atoms with Crippen molar-refractivity contribution in [2.24, 2.45) is 0 Å². The largest absolute Gasteiger partial charge is 0.492 e. The summed E-state index contributed by atoms with van der Waals surface area (Å²) < 4.78 is 6.59. The van der Waals surface area contributed by atoms with E-state index in [9.17, 15) is 9.59 Å². The molecule has 6 nitrogen and oxygen atoms in total. The highest BCUT2D eigenvalue weighted by molar-refractivity contribution is 5.36. The molecule has 6 heteroatoms. The summed E-state index contributed by atoms with van der Waals surface area (Å²) in [7, 11) is 0. The summed E-state index contributed by atoms with van der Waals surface area (Å²) in [5.74, 6) is 0.547. The van der Waals surface area contributed by atoms with E-state index in [1.165, 1.54) is 16.8 Å². The van der Waals surface area contributed by atoms with Crippen molar-refractivity contribution in [2.45, 2.75) is 6.54 Å². The van der Waals surface area contributed by atoms with Crippen molar-refractivity contribution in [3.8, 4) is 11.8 Å². The molecular formula is C13H11N3O3. The van der Waals surface area contributed by atoms with Crippen LogP contribution in [0.3, 0.4) is 0 Å². The second-order valence-corrected chi connectivity index (χ2v) is 3.79. The molecule has 0 saturated carbocycles. The summed E-state index contributed by atoms with van der Waals surface area (Å²) in [6.45, 7) is 0.445. The molecule has 0 fully saturated rings. The van der Waals surface area contributed by atoms with Crippen molar-refractivity contribution in [3.63, 3.8) is 0 Å².